The van der Waals surface area contributed by atoms with Crippen LogP contribution in [-0.2, 0) is 0 Å². The number of rotatable bonds is 5. The molecule has 1 aromatic heterocycles. The van der Waals surface area contributed by atoms with E-state index in [4.69, 9.17) is 10.3 Å². The molecule has 3 nitrogen and oxygen atoms in total. The summed E-state index contributed by atoms with van der Waals surface area (Å²) in [5, 5.41) is 1.10. The van der Waals surface area contributed by atoms with Gasteiger partial charge in [0, 0.05) is 16.0 Å². The van der Waals surface area contributed by atoms with Crippen LogP contribution in [-0.4, -0.2) is 5.75 Å². The fourth-order valence-electron chi connectivity index (χ4n) is 2.20. The number of hydrazine groups is 1. The van der Waals surface area contributed by atoms with E-state index in [0.717, 1.165) is 22.5 Å². The van der Waals surface area contributed by atoms with E-state index in [0.29, 0.717) is 0 Å². The van der Waals surface area contributed by atoms with Gasteiger partial charge in [0.1, 0.15) is 11.3 Å². The lowest BCUT2D eigenvalue weighted by atomic mass is 10.2. The van der Waals surface area contributed by atoms with Crippen molar-refractivity contribution < 1.29 is 4.42 Å². The minimum Gasteiger partial charge on any atom is -0.459 e. The first kappa shape index (κ1) is 14.2. The largest absolute Gasteiger partial charge is 0.459 e. The highest BCUT2D eigenvalue weighted by atomic mass is 32.2. The predicted octanol–water partition coefficient (Wildman–Crippen LogP) is 4.04. The quantitative estimate of drug-likeness (QED) is 0.424. The predicted molar refractivity (Wildman–Crippen MR) is 88.2 cm³/mol. The van der Waals surface area contributed by atoms with Crippen LogP contribution in [0.25, 0.3) is 11.0 Å². The summed E-state index contributed by atoms with van der Waals surface area (Å²) in [6, 6.07) is 18.5. The first-order valence-electron chi connectivity index (χ1n) is 6.90. The lowest BCUT2D eigenvalue weighted by molar-refractivity contribution is 0.464. The molecular formula is C17H18N2OS. The molecule has 108 valence electrons. The van der Waals surface area contributed by atoms with Gasteiger partial charge in [-0.15, -0.1) is 11.8 Å². The third-order valence-corrected chi connectivity index (χ3v) is 4.53. The van der Waals surface area contributed by atoms with Gasteiger partial charge in [-0.1, -0.05) is 35.9 Å². The molecule has 0 saturated carbocycles. The van der Waals surface area contributed by atoms with Crippen LogP contribution in [0.5, 0.6) is 0 Å². The molecule has 1 atom stereocenters. The fourth-order valence-corrected chi connectivity index (χ4v) is 3.15. The summed E-state index contributed by atoms with van der Waals surface area (Å²) in [7, 11) is 0. The van der Waals surface area contributed by atoms with Gasteiger partial charge in [0.2, 0.25) is 0 Å². The number of hydrogen-bond donors (Lipinski definition) is 2. The molecule has 0 aliphatic carbocycles. The highest BCUT2D eigenvalue weighted by molar-refractivity contribution is 7.99. The highest BCUT2D eigenvalue weighted by Gasteiger charge is 2.15. The number of para-hydroxylation sites is 1. The minimum absolute atomic E-state index is 0.0105. The topological polar surface area (TPSA) is 51.2 Å². The zero-order valence-corrected chi connectivity index (χ0v) is 12.7. The number of aryl methyl sites for hydroxylation is 1. The Bertz CT molecular complexity index is 688. The summed E-state index contributed by atoms with van der Waals surface area (Å²) in [5.74, 6) is 7.38. The summed E-state index contributed by atoms with van der Waals surface area (Å²) in [5.41, 5.74) is 5.01. The summed E-state index contributed by atoms with van der Waals surface area (Å²) in [6.07, 6.45) is 0. The Morgan fingerprint density at radius 1 is 1.14 bits per heavy atom. The van der Waals surface area contributed by atoms with Gasteiger partial charge in [0.15, 0.2) is 0 Å². The molecule has 0 bridgehead atoms. The second-order valence-electron chi connectivity index (χ2n) is 5.03. The van der Waals surface area contributed by atoms with Crippen molar-refractivity contribution in [2.24, 2.45) is 5.84 Å². The van der Waals surface area contributed by atoms with Crippen molar-refractivity contribution >= 4 is 22.7 Å². The number of furan rings is 1. The van der Waals surface area contributed by atoms with Crippen molar-refractivity contribution in [3.05, 3.63) is 65.9 Å². The standard InChI is InChI=1S/C17H18N2OS/c1-12-6-8-14(9-7-12)21-11-15(19-18)17-10-13-4-2-3-5-16(13)20-17/h2-10,15,19H,11,18H2,1H3. The summed E-state index contributed by atoms with van der Waals surface area (Å²) < 4.78 is 5.87. The Morgan fingerprint density at radius 3 is 2.62 bits per heavy atom. The molecule has 0 saturated heterocycles. The van der Waals surface area contributed by atoms with Crippen molar-refractivity contribution in [1.29, 1.82) is 0 Å². The molecule has 0 radical (unpaired) electrons. The Labute approximate surface area is 128 Å². The van der Waals surface area contributed by atoms with Crippen LogP contribution in [0.2, 0.25) is 0 Å². The minimum atomic E-state index is -0.0105. The van der Waals surface area contributed by atoms with Gasteiger partial charge >= 0.3 is 0 Å². The number of nitrogens with two attached hydrogens (primary N) is 1. The first-order chi connectivity index (χ1) is 10.3. The zero-order chi connectivity index (χ0) is 14.7. The third-order valence-electron chi connectivity index (χ3n) is 3.43. The molecule has 1 heterocycles. The maximum absolute atomic E-state index is 5.87. The monoisotopic (exact) mass is 298 g/mol. The summed E-state index contributed by atoms with van der Waals surface area (Å²) >= 11 is 1.76. The van der Waals surface area contributed by atoms with E-state index < -0.39 is 0 Å². The van der Waals surface area contributed by atoms with Crippen LogP contribution < -0.4 is 11.3 Å². The Kier molecular flexibility index (Phi) is 4.29. The summed E-state index contributed by atoms with van der Waals surface area (Å²) in [6.45, 7) is 2.09. The van der Waals surface area contributed by atoms with Crippen molar-refractivity contribution in [2.75, 3.05) is 5.75 Å². The lowest BCUT2D eigenvalue weighted by Crippen LogP contribution is -2.29. The number of thioether (sulfide) groups is 1. The van der Waals surface area contributed by atoms with Gasteiger partial charge in [-0.3, -0.25) is 5.84 Å². The van der Waals surface area contributed by atoms with Crippen LogP contribution in [0, 0.1) is 6.92 Å². The molecule has 21 heavy (non-hydrogen) atoms. The van der Waals surface area contributed by atoms with Gasteiger partial charge in [0.25, 0.3) is 0 Å². The molecule has 1 unspecified atom stereocenters. The van der Waals surface area contributed by atoms with E-state index in [-0.39, 0.29) is 6.04 Å². The van der Waals surface area contributed by atoms with Gasteiger partial charge in [-0.2, -0.15) is 0 Å². The zero-order valence-electron chi connectivity index (χ0n) is 11.9. The summed E-state index contributed by atoms with van der Waals surface area (Å²) in [4.78, 5) is 1.23. The van der Waals surface area contributed by atoms with E-state index in [1.165, 1.54) is 10.5 Å². The van der Waals surface area contributed by atoms with Crippen LogP contribution >= 0.6 is 11.8 Å². The Hall–Kier alpha value is -1.75. The van der Waals surface area contributed by atoms with Crippen molar-refractivity contribution in [3.8, 4) is 0 Å². The van der Waals surface area contributed by atoms with Gasteiger partial charge in [-0.25, -0.2) is 5.43 Å². The van der Waals surface area contributed by atoms with E-state index in [2.05, 4.69) is 42.7 Å². The Balaban J connectivity index is 1.73. The SMILES string of the molecule is Cc1ccc(SCC(NN)c2cc3ccccc3o2)cc1. The van der Waals surface area contributed by atoms with Crippen LogP contribution in [0.3, 0.4) is 0 Å². The molecule has 3 rings (SSSR count). The average molecular weight is 298 g/mol. The van der Waals surface area contributed by atoms with E-state index >= 15 is 0 Å². The fraction of sp³-hybridized carbons (Fsp3) is 0.176. The highest BCUT2D eigenvalue weighted by Crippen LogP contribution is 2.28. The molecule has 0 amide bonds. The molecular weight excluding hydrogens is 280 g/mol. The number of hydrogen-bond acceptors (Lipinski definition) is 4. The first-order valence-corrected chi connectivity index (χ1v) is 7.89. The molecule has 3 N–H and O–H groups in total. The second-order valence-corrected chi connectivity index (χ2v) is 6.12. The molecule has 3 aromatic rings. The van der Waals surface area contributed by atoms with E-state index in [1.54, 1.807) is 11.8 Å². The smallest absolute Gasteiger partial charge is 0.134 e. The maximum Gasteiger partial charge on any atom is 0.134 e. The van der Waals surface area contributed by atoms with Crippen LogP contribution in [0.4, 0.5) is 0 Å². The number of nitrogens with one attached hydrogen (secondary N) is 1. The Morgan fingerprint density at radius 2 is 1.90 bits per heavy atom. The van der Waals surface area contributed by atoms with Crippen molar-refractivity contribution in [3.63, 3.8) is 0 Å². The van der Waals surface area contributed by atoms with E-state index in [9.17, 15) is 0 Å². The number of fused-ring (bicyclic) bond motifs is 1. The third kappa shape index (κ3) is 3.29. The lowest BCUT2D eigenvalue weighted by Gasteiger charge is -2.12. The molecule has 0 aliphatic heterocycles. The number of benzene rings is 2. The van der Waals surface area contributed by atoms with Crippen molar-refractivity contribution in [1.82, 2.24) is 5.43 Å². The van der Waals surface area contributed by atoms with Crippen LogP contribution in [0.1, 0.15) is 17.4 Å². The van der Waals surface area contributed by atoms with Gasteiger partial charge < -0.3 is 4.42 Å². The average Bonchev–Trinajstić information content (AvgIpc) is 2.93. The second kappa shape index (κ2) is 6.35. The van der Waals surface area contributed by atoms with Crippen LogP contribution in [0.15, 0.2) is 63.9 Å². The maximum atomic E-state index is 5.87. The van der Waals surface area contributed by atoms with E-state index in [1.807, 2.05) is 24.3 Å². The molecule has 0 aliphatic rings. The molecule has 2 aromatic carbocycles. The van der Waals surface area contributed by atoms with Crippen molar-refractivity contribution in [2.45, 2.75) is 17.9 Å². The molecule has 0 fully saturated rings. The van der Waals surface area contributed by atoms with Gasteiger partial charge in [-0.05, 0) is 31.2 Å². The van der Waals surface area contributed by atoms with Gasteiger partial charge in [0.05, 0.1) is 6.04 Å². The molecule has 0 spiro atoms. The normalized spacial score (nSPS) is 12.7. The molecule has 4 heteroatoms.